The van der Waals surface area contributed by atoms with E-state index in [0.29, 0.717) is 6.54 Å². The maximum atomic E-state index is 11.5. The second kappa shape index (κ2) is 6.27. The van der Waals surface area contributed by atoms with E-state index in [2.05, 4.69) is 21.0 Å². The number of aromatic amines is 1. The normalized spacial score (nSPS) is 11.1. The molecule has 0 bridgehead atoms. The predicted molar refractivity (Wildman–Crippen MR) is 92.6 cm³/mol. The molecule has 1 aromatic carbocycles. The minimum Gasteiger partial charge on any atom is -0.434 e. The zero-order valence-electron chi connectivity index (χ0n) is 13.6. The summed E-state index contributed by atoms with van der Waals surface area (Å²) in [6, 6.07) is 7.84. The summed E-state index contributed by atoms with van der Waals surface area (Å²) in [4.78, 5) is 23.1. The molecule has 0 saturated carbocycles. The highest BCUT2D eigenvalue weighted by Crippen LogP contribution is 2.30. The highest BCUT2D eigenvalue weighted by atomic mass is 16.7. The van der Waals surface area contributed by atoms with Crippen LogP contribution in [-0.4, -0.2) is 32.3 Å². The first-order chi connectivity index (χ1) is 12.2. The number of benzene rings is 1. The van der Waals surface area contributed by atoms with E-state index in [1.165, 1.54) is 0 Å². The molecular formula is C18H16N4O3. The van der Waals surface area contributed by atoms with Gasteiger partial charge in [0.1, 0.15) is 0 Å². The summed E-state index contributed by atoms with van der Waals surface area (Å²) < 4.78 is 11.9. The minimum atomic E-state index is -0.757. The van der Waals surface area contributed by atoms with Gasteiger partial charge in [-0.1, -0.05) is 12.1 Å². The second-order valence-corrected chi connectivity index (χ2v) is 5.55. The molecule has 7 heteroatoms. The summed E-state index contributed by atoms with van der Waals surface area (Å²) in [5.41, 5.74) is 3.02. The van der Waals surface area contributed by atoms with Crippen LogP contribution in [0.25, 0.3) is 21.8 Å². The topological polar surface area (TPSA) is 82.0 Å². The van der Waals surface area contributed by atoms with Crippen molar-refractivity contribution in [2.24, 2.45) is 0 Å². The van der Waals surface area contributed by atoms with Crippen LogP contribution in [0.4, 0.5) is 4.79 Å². The summed E-state index contributed by atoms with van der Waals surface area (Å²) in [7, 11) is 0. The van der Waals surface area contributed by atoms with Gasteiger partial charge in [-0.2, -0.15) is 0 Å². The van der Waals surface area contributed by atoms with Crippen molar-refractivity contribution in [3.63, 3.8) is 0 Å². The van der Waals surface area contributed by atoms with Gasteiger partial charge in [-0.25, -0.2) is 14.8 Å². The Morgan fingerprint density at radius 3 is 3.04 bits per heavy atom. The molecule has 1 N–H and O–H groups in total. The fourth-order valence-corrected chi connectivity index (χ4v) is 2.91. The van der Waals surface area contributed by atoms with E-state index in [1.807, 2.05) is 22.9 Å². The van der Waals surface area contributed by atoms with Crippen molar-refractivity contribution in [2.75, 3.05) is 6.61 Å². The lowest BCUT2D eigenvalue weighted by Gasteiger charge is -2.06. The lowest BCUT2D eigenvalue weighted by atomic mass is 10.1. The van der Waals surface area contributed by atoms with Gasteiger partial charge in [0.25, 0.3) is 0 Å². The summed E-state index contributed by atoms with van der Waals surface area (Å²) in [6.45, 7) is 2.67. The van der Waals surface area contributed by atoms with Crippen molar-refractivity contribution < 1.29 is 14.3 Å². The number of H-pyrrole nitrogens is 1. The molecule has 0 fully saturated rings. The lowest BCUT2D eigenvalue weighted by molar-refractivity contribution is 0.103. The van der Waals surface area contributed by atoms with Gasteiger partial charge in [-0.3, -0.25) is 0 Å². The third-order valence-electron chi connectivity index (χ3n) is 3.93. The average Bonchev–Trinajstić information content (AvgIpc) is 3.22. The largest absolute Gasteiger partial charge is 0.515 e. The molecule has 0 atom stereocenters. The Bertz CT molecular complexity index is 1040. The number of aromatic nitrogens is 4. The lowest BCUT2D eigenvalue weighted by Crippen LogP contribution is -2.10. The molecule has 0 aliphatic rings. The number of hydrogen-bond acceptors (Lipinski definition) is 5. The molecule has 4 aromatic rings. The molecule has 0 aliphatic heterocycles. The number of pyridine rings is 1. The van der Waals surface area contributed by atoms with Gasteiger partial charge in [0.05, 0.1) is 24.6 Å². The smallest absolute Gasteiger partial charge is 0.434 e. The van der Waals surface area contributed by atoms with Crippen LogP contribution < -0.4 is 4.74 Å². The van der Waals surface area contributed by atoms with Crippen LogP contribution in [0, 0.1) is 0 Å². The monoisotopic (exact) mass is 336 g/mol. The van der Waals surface area contributed by atoms with Gasteiger partial charge < -0.3 is 19.0 Å². The van der Waals surface area contributed by atoms with Crippen LogP contribution in [0.2, 0.25) is 0 Å². The minimum absolute atomic E-state index is 0.212. The molecule has 3 aromatic heterocycles. The molecule has 0 saturated heterocycles. The van der Waals surface area contributed by atoms with Crippen LogP contribution in [0.15, 0.2) is 49.2 Å². The number of carbonyl (C=O) groups is 1. The Kier molecular flexibility index (Phi) is 3.81. The van der Waals surface area contributed by atoms with Crippen molar-refractivity contribution in [1.29, 1.82) is 0 Å². The maximum Gasteiger partial charge on any atom is 0.515 e. The number of ether oxygens (including phenoxy) is 2. The van der Waals surface area contributed by atoms with Crippen LogP contribution in [0.5, 0.6) is 5.88 Å². The Morgan fingerprint density at radius 1 is 1.32 bits per heavy atom. The number of nitrogens with one attached hydrogen (secondary N) is 1. The molecule has 0 unspecified atom stereocenters. The zero-order chi connectivity index (χ0) is 17.2. The molecule has 0 aliphatic carbocycles. The predicted octanol–water partition coefficient (Wildman–Crippen LogP) is 3.50. The average molecular weight is 336 g/mol. The Labute approximate surface area is 143 Å². The van der Waals surface area contributed by atoms with Gasteiger partial charge in [-0.15, -0.1) is 0 Å². The molecule has 0 spiro atoms. The number of carbonyl (C=O) groups excluding carboxylic acids is 1. The number of fused-ring (bicyclic) bond motifs is 3. The highest BCUT2D eigenvalue weighted by molar-refractivity contribution is 6.09. The van der Waals surface area contributed by atoms with Gasteiger partial charge in [0.15, 0.2) is 0 Å². The van der Waals surface area contributed by atoms with Gasteiger partial charge in [0, 0.05) is 41.3 Å². The van der Waals surface area contributed by atoms with E-state index in [0.717, 1.165) is 27.4 Å². The van der Waals surface area contributed by atoms with E-state index in [-0.39, 0.29) is 12.5 Å². The van der Waals surface area contributed by atoms with Crippen LogP contribution >= 0.6 is 0 Å². The molecule has 126 valence electrons. The zero-order valence-corrected chi connectivity index (χ0v) is 13.6. The Balaban J connectivity index is 1.80. The molecule has 7 nitrogen and oxygen atoms in total. The van der Waals surface area contributed by atoms with Crippen LogP contribution in [-0.2, 0) is 11.3 Å². The number of imidazole rings is 1. The van der Waals surface area contributed by atoms with E-state index in [1.54, 1.807) is 31.7 Å². The van der Waals surface area contributed by atoms with Crippen molar-refractivity contribution in [2.45, 2.75) is 13.5 Å². The molecule has 0 amide bonds. The SMILES string of the molecule is CCOC(=O)Oc1cc2c(cn1)[nH]c1cccc(Cn3ccnc3)c12. The van der Waals surface area contributed by atoms with Crippen LogP contribution in [0.1, 0.15) is 12.5 Å². The van der Waals surface area contributed by atoms with E-state index < -0.39 is 6.16 Å². The van der Waals surface area contributed by atoms with Crippen molar-refractivity contribution in [3.8, 4) is 5.88 Å². The number of rotatable bonds is 4. The molecular weight excluding hydrogens is 320 g/mol. The Morgan fingerprint density at radius 2 is 2.24 bits per heavy atom. The highest BCUT2D eigenvalue weighted by Gasteiger charge is 2.13. The number of nitrogens with zero attached hydrogens (tertiary/aromatic N) is 3. The third kappa shape index (κ3) is 2.91. The van der Waals surface area contributed by atoms with E-state index >= 15 is 0 Å². The number of hydrogen-bond donors (Lipinski definition) is 1. The maximum absolute atomic E-state index is 11.5. The summed E-state index contributed by atoms with van der Waals surface area (Å²) in [6.07, 6.45) is 6.36. The van der Waals surface area contributed by atoms with Crippen molar-refractivity contribution in [1.82, 2.24) is 19.5 Å². The summed E-state index contributed by atoms with van der Waals surface area (Å²) in [5, 5.41) is 2.02. The second-order valence-electron chi connectivity index (χ2n) is 5.55. The van der Waals surface area contributed by atoms with Crippen LogP contribution in [0.3, 0.4) is 0 Å². The fourth-order valence-electron chi connectivity index (χ4n) is 2.91. The molecule has 3 heterocycles. The van der Waals surface area contributed by atoms with Gasteiger partial charge >= 0.3 is 6.16 Å². The fraction of sp³-hybridized carbons (Fsp3) is 0.167. The quantitative estimate of drug-likeness (QED) is 0.577. The summed E-state index contributed by atoms with van der Waals surface area (Å²) in [5.74, 6) is 0.212. The van der Waals surface area contributed by atoms with E-state index in [9.17, 15) is 4.79 Å². The first-order valence-corrected chi connectivity index (χ1v) is 7.94. The molecule has 0 radical (unpaired) electrons. The van der Waals surface area contributed by atoms with Crippen molar-refractivity contribution in [3.05, 3.63) is 54.7 Å². The standard InChI is InChI=1S/C18H16N4O3/c1-2-24-18(23)25-16-8-13-15(9-20-16)21-14-5-3-4-12(17(13)14)10-22-7-6-19-11-22/h3-9,11,21H,2,10H2,1H3. The molecule has 4 rings (SSSR count). The Hall–Kier alpha value is -3.35. The first kappa shape index (κ1) is 15.2. The molecule has 25 heavy (non-hydrogen) atoms. The van der Waals surface area contributed by atoms with Gasteiger partial charge in [0.2, 0.25) is 5.88 Å². The summed E-state index contributed by atoms with van der Waals surface area (Å²) >= 11 is 0. The van der Waals surface area contributed by atoms with Gasteiger partial charge in [-0.05, 0) is 18.6 Å². The first-order valence-electron chi connectivity index (χ1n) is 7.94. The van der Waals surface area contributed by atoms with E-state index in [4.69, 9.17) is 9.47 Å². The third-order valence-corrected chi connectivity index (χ3v) is 3.93. The van der Waals surface area contributed by atoms with Crippen molar-refractivity contribution >= 4 is 28.0 Å².